The van der Waals surface area contributed by atoms with Crippen molar-refractivity contribution in [2.45, 2.75) is 111 Å². The molecular weight excluding hydrogens is 372 g/mol. The molecule has 0 aromatic carbocycles. The van der Waals surface area contributed by atoms with Gasteiger partial charge in [-0.05, 0) is 92.3 Å². The number of rotatable bonds is 5. The van der Waals surface area contributed by atoms with Gasteiger partial charge >= 0.3 is 0 Å². The molecular formula is C27H46O3. The molecule has 4 rings (SSSR count). The molecule has 4 aliphatic rings. The van der Waals surface area contributed by atoms with Gasteiger partial charge in [0, 0.05) is 11.8 Å². The van der Waals surface area contributed by atoms with Gasteiger partial charge in [-0.25, -0.2) is 0 Å². The maximum Gasteiger partial charge on any atom is 0.0658 e. The second-order valence-corrected chi connectivity index (χ2v) is 12.3. The largest absolute Gasteiger partial charge is 0.393 e. The van der Waals surface area contributed by atoms with Crippen LogP contribution < -0.4 is 0 Å². The zero-order valence-corrected chi connectivity index (χ0v) is 20.0. The van der Waals surface area contributed by atoms with Gasteiger partial charge in [0.25, 0.3) is 0 Å². The van der Waals surface area contributed by atoms with E-state index in [9.17, 15) is 15.3 Å². The van der Waals surface area contributed by atoms with Gasteiger partial charge in [0.05, 0.1) is 18.3 Å². The molecule has 3 heteroatoms. The van der Waals surface area contributed by atoms with Crippen LogP contribution in [0, 0.1) is 46.3 Å². The Morgan fingerprint density at radius 1 is 1.03 bits per heavy atom. The fraction of sp³-hybridized carbons (Fsp3) is 0.926. The lowest BCUT2D eigenvalue weighted by Gasteiger charge is -2.59. The summed E-state index contributed by atoms with van der Waals surface area (Å²) in [5, 5.41) is 31.6. The van der Waals surface area contributed by atoms with Crippen LogP contribution in [0.4, 0.5) is 0 Å². The second-order valence-electron chi connectivity index (χ2n) is 12.3. The van der Waals surface area contributed by atoms with Gasteiger partial charge in [-0.3, -0.25) is 0 Å². The molecule has 3 saturated carbocycles. The van der Waals surface area contributed by atoms with Crippen LogP contribution in [0.2, 0.25) is 0 Å². The van der Waals surface area contributed by atoms with Gasteiger partial charge < -0.3 is 15.3 Å². The van der Waals surface area contributed by atoms with Crippen molar-refractivity contribution in [3.05, 3.63) is 11.6 Å². The summed E-state index contributed by atoms with van der Waals surface area (Å²) in [6.45, 7) is 11.5. The molecule has 0 bridgehead atoms. The van der Waals surface area contributed by atoms with Gasteiger partial charge in [-0.1, -0.05) is 46.3 Å². The Morgan fingerprint density at radius 2 is 1.77 bits per heavy atom. The molecule has 0 aromatic heterocycles. The number of aliphatic hydroxyl groups is 3. The first-order valence-corrected chi connectivity index (χ1v) is 12.8. The maximum absolute atomic E-state index is 11.1. The highest BCUT2D eigenvalue weighted by Gasteiger charge is 2.60. The van der Waals surface area contributed by atoms with Crippen molar-refractivity contribution in [3.8, 4) is 0 Å². The van der Waals surface area contributed by atoms with Gasteiger partial charge in [-0.2, -0.15) is 0 Å². The van der Waals surface area contributed by atoms with Gasteiger partial charge in [0.15, 0.2) is 0 Å². The van der Waals surface area contributed by atoms with Gasteiger partial charge in [-0.15, -0.1) is 0 Å². The first-order valence-electron chi connectivity index (χ1n) is 12.8. The van der Waals surface area contributed by atoms with Crippen LogP contribution in [0.1, 0.15) is 92.4 Å². The highest BCUT2D eigenvalue weighted by molar-refractivity contribution is 5.27. The molecule has 0 amide bonds. The van der Waals surface area contributed by atoms with Crippen LogP contribution in [0.15, 0.2) is 11.6 Å². The normalized spacial score (nSPS) is 47.8. The highest BCUT2D eigenvalue weighted by Crippen LogP contribution is 2.67. The lowest BCUT2D eigenvalue weighted by Crippen LogP contribution is -2.55. The zero-order chi connectivity index (χ0) is 21.8. The number of fused-ring (bicyclic) bond motifs is 5. The lowest BCUT2D eigenvalue weighted by molar-refractivity contribution is -0.108. The van der Waals surface area contributed by atoms with E-state index in [4.69, 9.17) is 0 Å². The SMILES string of the molecule is CC(C)[C@@H](O)CC[C@@H](C)[C@H]1CC[C@H]2[C@@H]3CC=C4C[C@@H](O)C[C@H](O)[C@]4(C)[C@H]3CC[C@]12C. The van der Waals surface area contributed by atoms with E-state index < -0.39 is 6.10 Å². The van der Waals surface area contributed by atoms with Crippen molar-refractivity contribution in [3.63, 3.8) is 0 Å². The van der Waals surface area contributed by atoms with Crippen molar-refractivity contribution >= 4 is 0 Å². The third-order valence-corrected chi connectivity index (χ3v) is 10.6. The summed E-state index contributed by atoms with van der Waals surface area (Å²) in [5.74, 6) is 3.79. The molecule has 0 unspecified atom stereocenters. The topological polar surface area (TPSA) is 60.7 Å². The van der Waals surface area contributed by atoms with Crippen LogP contribution in [0.5, 0.6) is 0 Å². The number of hydrogen-bond donors (Lipinski definition) is 3. The summed E-state index contributed by atoms with van der Waals surface area (Å²) in [6, 6.07) is 0. The number of allylic oxidation sites excluding steroid dienone is 1. The predicted octanol–water partition coefficient (Wildman–Crippen LogP) is 5.33. The molecule has 3 N–H and O–H groups in total. The number of aliphatic hydroxyl groups excluding tert-OH is 3. The fourth-order valence-electron chi connectivity index (χ4n) is 8.64. The Hall–Kier alpha value is -0.380. The Balaban J connectivity index is 1.51. The summed E-state index contributed by atoms with van der Waals surface area (Å²) in [7, 11) is 0. The van der Waals surface area contributed by atoms with E-state index in [0.717, 1.165) is 37.5 Å². The minimum atomic E-state index is -0.404. The van der Waals surface area contributed by atoms with E-state index in [1.54, 1.807) is 0 Å². The fourth-order valence-corrected chi connectivity index (χ4v) is 8.64. The van der Waals surface area contributed by atoms with E-state index in [2.05, 4.69) is 40.7 Å². The van der Waals surface area contributed by atoms with Gasteiger partial charge in [0.1, 0.15) is 0 Å². The summed E-state index contributed by atoms with van der Waals surface area (Å²) in [5.41, 5.74) is 1.61. The van der Waals surface area contributed by atoms with Crippen molar-refractivity contribution in [1.82, 2.24) is 0 Å². The molecule has 172 valence electrons. The smallest absolute Gasteiger partial charge is 0.0658 e. The maximum atomic E-state index is 11.1. The van der Waals surface area contributed by atoms with Crippen LogP contribution in [-0.4, -0.2) is 33.6 Å². The van der Waals surface area contributed by atoms with Crippen molar-refractivity contribution in [2.75, 3.05) is 0 Å². The van der Waals surface area contributed by atoms with E-state index >= 15 is 0 Å². The zero-order valence-electron chi connectivity index (χ0n) is 20.0. The molecule has 10 atom stereocenters. The van der Waals surface area contributed by atoms with E-state index in [-0.39, 0.29) is 17.6 Å². The third kappa shape index (κ3) is 3.52. The van der Waals surface area contributed by atoms with E-state index in [0.29, 0.717) is 35.5 Å². The van der Waals surface area contributed by atoms with Crippen LogP contribution in [0.25, 0.3) is 0 Å². The first-order chi connectivity index (χ1) is 14.1. The minimum Gasteiger partial charge on any atom is -0.393 e. The van der Waals surface area contributed by atoms with Crippen LogP contribution >= 0.6 is 0 Å². The molecule has 0 heterocycles. The summed E-state index contributed by atoms with van der Waals surface area (Å²) in [6.07, 6.45) is 11.1. The molecule has 0 spiro atoms. The molecule has 0 saturated heterocycles. The summed E-state index contributed by atoms with van der Waals surface area (Å²) < 4.78 is 0. The van der Waals surface area contributed by atoms with Crippen molar-refractivity contribution in [1.29, 1.82) is 0 Å². The first kappa shape index (κ1) is 22.8. The molecule has 3 nitrogen and oxygen atoms in total. The third-order valence-electron chi connectivity index (χ3n) is 10.6. The van der Waals surface area contributed by atoms with Crippen LogP contribution in [-0.2, 0) is 0 Å². The second kappa shape index (κ2) is 8.19. The highest BCUT2D eigenvalue weighted by atomic mass is 16.3. The Kier molecular flexibility index (Phi) is 6.23. The van der Waals surface area contributed by atoms with Crippen molar-refractivity contribution in [2.24, 2.45) is 46.3 Å². The monoisotopic (exact) mass is 418 g/mol. The standard InChI is InChI=1S/C27H46O3/c1-16(2)24(29)11-6-17(3)21-9-10-22-20-8-7-18-14-19(28)15-25(30)27(18,5)23(20)12-13-26(21,22)4/h7,16-17,19-25,28-30H,6,8-15H2,1-5H3/t17-,19-,20+,21-,22+,23+,24+,25+,26-,27+/m1/s1. The molecule has 0 aromatic rings. The van der Waals surface area contributed by atoms with Gasteiger partial charge in [0.2, 0.25) is 0 Å². The molecule has 4 aliphatic carbocycles. The Labute approximate surface area is 184 Å². The van der Waals surface area contributed by atoms with Crippen molar-refractivity contribution < 1.29 is 15.3 Å². The Morgan fingerprint density at radius 3 is 2.47 bits per heavy atom. The van der Waals surface area contributed by atoms with E-state index in [1.807, 2.05) is 0 Å². The quantitative estimate of drug-likeness (QED) is 0.529. The molecule has 0 aliphatic heterocycles. The summed E-state index contributed by atoms with van der Waals surface area (Å²) >= 11 is 0. The molecule has 3 fully saturated rings. The van der Waals surface area contributed by atoms with E-state index in [1.165, 1.54) is 31.3 Å². The molecule has 30 heavy (non-hydrogen) atoms. The molecule has 0 radical (unpaired) electrons. The Bertz CT molecular complexity index is 656. The summed E-state index contributed by atoms with van der Waals surface area (Å²) in [4.78, 5) is 0. The lowest BCUT2D eigenvalue weighted by atomic mass is 9.46. The average molecular weight is 419 g/mol. The predicted molar refractivity (Wildman–Crippen MR) is 122 cm³/mol. The minimum absolute atomic E-state index is 0.130. The number of hydrogen-bond acceptors (Lipinski definition) is 3. The van der Waals surface area contributed by atoms with Crippen LogP contribution in [0.3, 0.4) is 0 Å². The average Bonchev–Trinajstić information content (AvgIpc) is 3.04.